The van der Waals surface area contributed by atoms with E-state index in [0.29, 0.717) is 0 Å². The van der Waals surface area contributed by atoms with Gasteiger partial charge in [-0.3, -0.25) is 0 Å². The Bertz CT molecular complexity index is 345. The van der Waals surface area contributed by atoms with E-state index in [1.54, 1.807) is 0 Å². The predicted octanol–water partition coefficient (Wildman–Crippen LogP) is 2.83. The first kappa shape index (κ1) is 11.2. The van der Waals surface area contributed by atoms with Crippen LogP contribution in [0, 0.1) is 8.99 Å². The van der Waals surface area contributed by atoms with Gasteiger partial charge in [0.2, 0.25) is 0 Å². The number of ether oxygens (including phenoxy) is 1. The predicted molar refractivity (Wildman–Crippen MR) is 68.0 cm³/mol. The van der Waals surface area contributed by atoms with E-state index in [2.05, 4.69) is 22.6 Å². The minimum absolute atomic E-state index is 0.122. The second kappa shape index (κ2) is 3.94. The molecule has 1 saturated carbocycles. The molecule has 0 heterocycles. The summed E-state index contributed by atoms with van der Waals surface area (Å²) in [6, 6.07) is 8.00. The maximum atomic E-state index is 9.59. The van der Waals surface area contributed by atoms with E-state index < -0.39 is 0 Å². The molecule has 0 saturated heterocycles. The highest BCUT2D eigenvalue weighted by molar-refractivity contribution is 14.1. The fourth-order valence-corrected chi connectivity index (χ4v) is 2.10. The molecule has 0 aliphatic heterocycles. The van der Waals surface area contributed by atoms with E-state index in [0.717, 1.165) is 12.2 Å². The van der Waals surface area contributed by atoms with E-state index >= 15 is 0 Å². The van der Waals surface area contributed by atoms with Crippen molar-refractivity contribution >= 4 is 22.6 Å². The smallest absolute Gasteiger partial charge is 0.119 e. The molecule has 1 N–H and O–H groups in total. The number of hydrogen-bond acceptors (Lipinski definition) is 2. The minimum Gasteiger partial charge on any atom is -0.490 e. The molecule has 1 aromatic carbocycles. The number of aliphatic hydroxyl groups excluding tert-OH is 1. The van der Waals surface area contributed by atoms with Gasteiger partial charge in [0.1, 0.15) is 11.9 Å². The summed E-state index contributed by atoms with van der Waals surface area (Å²) in [5.41, 5.74) is -0.122. The monoisotopic (exact) mass is 318 g/mol. The number of hydrogen-bond donors (Lipinski definition) is 1. The lowest BCUT2D eigenvalue weighted by atomic mass is 9.66. The molecule has 1 fully saturated rings. The Hall–Kier alpha value is -0.290. The van der Waals surface area contributed by atoms with Gasteiger partial charge in [0.25, 0.3) is 0 Å². The molecule has 1 aliphatic carbocycles. The first-order valence-electron chi connectivity index (χ1n) is 5.10. The quantitative estimate of drug-likeness (QED) is 0.850. The molecule has 0 bridgehead atoms. The van der Waals surface area contributed by atoms with E-state index in [-0.39, 0.29) is 17.6 Å². The van der Waals surface area contributed by atoms with E-state index in [1.807, 2.05) is 38.1 Å². The summed E-state index contributed by atoms with van der Waals surface area (Å²) >= 11 is 2.27. The average Bonchev–Trinajstić information content (AvgIpc) is 2.21. The van der Waals surface area contributed by atoms with Gasteiger partial charge in [-0.25, -0.2) is 0 Å². The Labute approximate surface area is 104 Å². The third-order valence-electron chi connectivity index (χ3n) is 3.22. The van der Waals surface area contributed by atoms with Crippen LogP contribution in [0.3, 0.4) is 0 Å². The first-order chi connectivity index (χ1) is 7.00. The van der Waals surface area contributed by atoms with Crippen LogP contribution in [0.25, 0.3) is 0 Å². The second-order valence-corrected chi connectivity index (χ2v) is 5.88. The van der Waals surface area contributed by atoms with Gasteiger partial charge in [0.05, 0.1) is 6.10 Å². The van der Waals surface area contributed by atoms with Crippen LogP contribution in [-0.2, 0) is 0 Å². The second-order valence-electron chi connectivity index (χ2n) is 4.63. The summed E-state index contributed by atoms with van der Waals surface area (Å²) in [5, 5.41) is 9.59. The van der Waals surface area contributed by atoms with Crippen molar-refractivity contribution in [1.82, 2.24) is 0 Å². The Morgan fingerprint density at radius 2 is 1.93 bits per heavy atom. The fraction of sp³-hybridized carbons (Fsp3) is 0.500. The number of benzene rings is 1. The summed E-state index contributed by atoms with van der Waals surface area (Å²) in [7, 11) is 0. The van der Waals surface area contributed by atoms with Crippen molar-refractivity contribution in [3.63, 3.8) is 0 Å². The lowest BCUT2D eigenvalue weighted by molar-refractivity contribution is -0.134. The van der Waals surface area contributed by atoms with Gasteiger partial charge in [-0.15, -0.1) is 0 Å². The van der Waals surface area contributed by atoms with Crippen molar-refractivity contribution in [2.45, 2.75) is 32.5 Å². The van der Waals surface area contributed by atoms with Crippen molar-refractivity contribution in [3.05, 3.63) is 27.8 Å². The van der Waals surface area contributed by atoms with Crippen LogP contribution in [-0.4, -0.2) is 17.3 Å². The molecule has 2 nitrogen and oxygen atoms in total. The Balaban J connectivity index is 2.02. The topological polar surface area (TPSA) is 29.5 Å². The van der Waals surface area contributed by atoms with Gasteiger partial charge in [-0.2, -0.15) is 0 Å². The molecule has 0 radical (unpaired) electrons. The van der Waals surface area contributed by atoms with Crippen LogP contribution >= 0.6 is 22.6 Å². The van der Waals surface area contributed by atoms with Crippen LogP contribution < -0.4 is 4.74 Å². The largest absolute Gasteiger partial charge is 0.490 e. The molecule has 2 rings (SSSR count). The third kappa shape index (κ3) is 2.13. The van der Waals surface area contributed by atoms with E-state index in [1.165, 1.54) is 3.57 Å². The number of aliphatic hydroxyl groups is 1. The summed E-state index contributed by atoms with van der Waals surface area (Å²) in [6.07, 6.45) is 0.637. The molecule has 0 aromatic heterocycles. The molecule has 1 aliphatic rings. The van der Waals surface area contributed by atoms with Crippen molar-refractivity contribution < 1.29 is 9.84 Å². The highest BCUT2D eigenvalue weighted by Crippen LogP contribution is 2.42. The molecule has 3 heteroatoms. The zero-order valence-corrected chi connectivity index (χ0v) is 11.1. The van der Waals surface area contributed by atoms with Crippen molar-refractivity contribution in [2.24, 2.45) is 5.41 Å². The van der Waals surface area contributed by atoms with Crippen molar-refractivity contribution in [1.29, 1.82) is 0 Å². The van der Waals surface area contributed by atoms with Crippen LogP contribution in [0.4, 0.5) is 0 Å². The van der Waals surface area contributed by atoms with Crippen LogP contribution in [0.15, 0.2) is 24.3 Å². The summed E-state index contributed by atoms with van der Waals surface area (Å²) in [6.45, 7) is 4.08. The standard InChI is InChI=1S/C12H15IO2/c1-12(2)10(14)7-11(12)15-9-5-3-8(13)4-6-9/h3-6,10-11,14H,7H2,1-2H3. The number of rotatable bonds is 2. The molecular weight excluding hydrogens is 303 g/mol. The zero-order chi connectivity index (χ0) is 11.1. The van der Waals surface area contributed by atoms with Crippen molar-refractivity contribution in [2.75, 3.05) is 0 Å². The summed E-state index contributed by atoms with van der Waals surface area (Å²) in [4.78, 5) is 0. The van der Waals surface area contributed by atoms with E-state index in [9.17, 15) is 5.11 Å². The SMILES string of the molecule is CC1(C)C(O)CC1Oc1ccc(I)cc1. The number of halogens is 1. The van der Waals surface area contributed by atoms with Gasteiger partial charge in [0, 0.05) is 15.4 Å². The highest BCUT2D eigenvalue weighted by atomic mass is 127. The zero-order valence-electron chi connectivity index (χ0n) is 8.90. The summed E-state index contributed by atoms with van der Waals surface area (Å²) < 4.78 is 7.03. The van der Waals surface area contributed by atoms with E-state index in [4.69, 9.17) is 4.74 Å². The van der Waals surface area contributed by atoms with Gasteiger partial charge in [0.15, 0.2) is 0 Å². The molecule has 15 heavy (non-hydrogen) atoms. The lowest BCUT2D eigenvalue weighted by Crippen LogP contribution is -2.56. The highest BCUT2D eigenvalue weighted by Gasteiger charge is 2.49. The maximum Gasteiger partial charge on any atom is 0.119 e. The van der Waals surface area contributed by atoms with Crippen molar-refractivity contribution in [3.8, 4) is 5.75 Å². The molecule has 82 valence electrons. The molecular formula is C12H15IO2. The van der Waals surface area contributed by atoms with Crippen LogP contribution in [0.2, 0.25) is 0 Å². The molecule has 0 spiro atoms. The molecule has 2 atom stereocenters. The molecule has 2 unspecified atom stereocenters. The van der Waals surface area contributed by atoms with Crippen LogP contribution in [0.5, 0.6) is 5.75 Å². The normalized spacial score (nSPS) is 28.3. The minimum atomic E-state index is -0.230. The van der Waals surface area contributed by atoms with Gasteiger partial charge >= 0.3 is 0 Å². The van der Waals surface area contributed by atoms with Gasteiger partial charge < -0.3 is 9.84 Å². The van der Waals surface area contributed by atoms with Gasteiger partial charge in [-0.05, 0) is 46.9 Å². The Morgan fingerprint density at radius 1 is 1.33 bits per heavy atom. The molecule has 0 amide bonds. The van der Waals surface area contributed by atoms with Gasteiger partial charge in [-0.1, -0.05) is 13.8 Å². The fourth-order valence-electron chi connectivity index (χ4n) is 1.74. The maximum absolute atomic E-state index is 9.59. The first-order valence-corrected chi connectivity index (χ1v) is 6.18. The van der Waals surface area contributed by atoms with Crippen LogP contribution in [0.1, 0.15) is 20.3 Å². The Morgan fingerprint density at radius 3 is 2.40 bits per heavy atom. The lowest BCUT2D eigenvalue weighted by Gasteiger charge is -2.48. The Kier molecular flexibility index (Phi) is 2.94. The average molecular weight is 318 g/mol. The molecule has 1 aromatic rings. The summed E-state index contributed by atoms with van der Waals surface area (Å²) in [5.74, 6) is 0.889. The third-order valence-corrected chi connectivity index (χ3v) is 3.94.